The fraction of sp³-hybridized carbons (Fsp3) is 0.143. The van der Waals surface area contributed by atoms with Gasteiger partial charge in [-0.2, -0.15) is 0 Å². The molecule has 0 aliphatic rings. The molecule has 1 aromatic rings. The highest BCUT2D eigenvalue weighted by Crippen LogP contribution is 2.37. The molecule has 7 heteroatoms. The molecule has 0 saturated carbocycles. The van der Waals surface area contributed by atoms with Crippen LogP contribution < -0.4 is 0 Å². The van der Waals surface area contributed by atoms with Gasteiger partial charge in [-0.05, 0) is 28.7 Å². The molecule has 0 amide bonds. The zero-order valence-electron chi connectivity index (χ0n) is 6.51. The van der Waals surface area contributed by atoms with Gasteiger partial charge in [-0.25, -0.2) is 8.78 Å². The minimum atomic E-state index is -2.95. The molecule has 0 bridgehead atoms. The fourth-order valence-electron chi connectivity index (χ4n) is 0.923. The van der Waals surface area contributed by atoms with Crippen LogP contribution in [-0.4, -0.2) is 4.92 Å². The number of rotatable bonds is 2. The maximum absolute atomic E-state index is 12.4. The molecule has 14 heavy (non-hydrogen) atoms. The topological polar surface area (TPSA) is 43.1 Å². The van der Waals surface area contributed by atoms with Crippen LogP contribution in [0.25, 0.3) is 0 Å². The third-order valence-corrected chi connectivity index (χ3v) is 3.15. The van der Waals surface area contributed by atoms with E-state index in [0.717, 1.165) is 6.07 Å². The average molecular weight is 333 g/mol. The standard InChI is InChI=1S/C7H3ClF2INO2/c8-6-3(11)1-2-4(12(13)14)5(6)7(9)10/h1-2,7H. The second kappa shape index (κ2) is 4.35. The van der Waals surface area contributed by atoms with Crippen molar-refractivity contribution < 1.29 is 13.7 Å². The molecule has 0 unspecified atom stereocenters. The zero-order chi connectivity index (χ0) is 10.9. The second-order valence-corrected chi connectivity index (χ2v) is 3.89. The van der Waals surface area contributed by atoms with Crippen LogP contribution in [0.4, 0.5) is 14.5 Å². The first kappa shape index (κ1) is 11.6. The molecule has 0 fully saturated rings. The van der Waals surface area contributed by atoms with Crippen LogP contribution in [0.5, 0.6) is 0 Å². The lowest BCUT2D eigenvalue weighted by Gasteiger charge is -2.05. The Labute approximate surface area is 96.3 Å². The highest BCUT2D eigenvalue weighted by molar-refractivity contribution is 14.1. The summed E-state index contributed by atoms with van der Waals surface area (Å²) in [5.41, 5.74) is -1.37. The molecule has 0 aromatic heterocycles. The Morgan fingerprint density at radius 1 is 1.50 bits per heavy atom. The number of nitro groups is 1. The average Bonchev–Trinajstić information content (AvgIpc) is 2.08. The van der Waals surface area contributed by atoms with Gasteiger partial charge in [0.05, 0.1) is 9.95 Å². The van der Waals surface area contributed by atoms with Crippen molar-refractivity contribution >= 4 is 39.9 Å². The van der Waals surface area contributed by atoms with Gasteiger partial charge in [0.15, 0.2) is 0 Å². The molecule has 0 aliphatic carbocycles. The summed E-state index contributed by atoms with van der Waals surface area (Å²) in [5, 5.41) is 10.1. The van der Waals surface area contributed by atoms with Gasteiger partial charge in [0, 0.05) is 9.64 Å². The number of hydrogen-bond acceptors (Lipinski definition) is 2. The van der Waals surface area contributed by atoms with Gasteiger partial charge in [0.25, 0.3) is 12.1 Å². The molecule has 1 rings (SSSR count). The van der Waals surface area contributed by atoms with Crippen molar-refractivity contribution in [2.45, 2.75) is 6.43 Å². The summed E-state index contributed by atoms with van der Waals surface area (Å²) in [7, 11) is 0. The van der Waals surface area contributed by atoms with E-state index in [-0.39, 0.29) is 5.02 Å². The number of halogens is 4. The third-order valence-electron chi connectivity index (χ3n) is 1.52. The van der Waals surface area contributed by atoms with E-state index in [1.165, 1.54) is 6.07 Å². The molecule has 3 nitrogen and oxygen atoms in total. The van der Waals surface area contributed by atoms with Crippen molar-refractivity contribution in [2.75, 3.05) is 0 Å². The smallest absolute Gasteiger partial charge is 0.258 e. The highest BCUT2D eigenvalue weighted by Gasteiger charge is 2.26. The van der Waals surface area contributed by atoms with Crippen molar-refractivity contribution in [3.05, 3.63) is 36.4 Å². The van der Waals surface area contributed by atoms with E-state index in [1.54, 1.807) is 22.6 Å². The molecule has 0 heterocycles. The van der Waals surface area contributed by atoms with Crippen LogP contribution in [0, 0.1) is 13.7 Å². The van der Waals surface area contributed by atoms with Crippen LogP contribution in [-0.2, 0) is 0 Å². The van der Waals surface area contributed by atoms with Crippen molar-refractivity contribution in [2.24, 2.45) is 0 Å². The van der Waals surface area contributed by atoms with Crippen LogP contribution in [0.15, 0.2) is 12.1 Å². The maximum Gasteiger partial charge on any atom is 0.279 e. The predicted octanol–water partition coefficient (Wildman–Crippen LogP) is 3.79. The van der Waals surface area contributed by atoms with Gasteiger partial charge in [0.2, 0.25) is 0 Å². The molecule has 1 aromatic carbocycles. The number of alkyl halides is 2. The van der Waals surface area contributed by atoms with E-state index in [1.807, 2.05) is 0 Å². The summed E-state index contributed by atoms with van der Waals surface area (Å²) in [4.78, 5) is 9.53. The van der Waals surface area contributed by atoms with E-state index in [4.69, 9.17) is 11.6 Å². The lowest BCUT2D eigenvalue weighted by Crippen LogP contribution is -1.98. The Kier molecular flexibility index (Phi) is 3.59. The number of hydrogen-bond donors (Lipinski definition) is 0. The molecular weight excluding hydrogens is 330 g/mol. The van der Waals surface area contributed by atoms with Crippen molar-refractivity contribution in [3.8, 4) is 0 Å². The van der Waals surface area contributed by atoms with Crippen molar-refractivity contribution in [1.29, 1.82) is 0 Å². The van der Waals surface area contributed by atoms with Crippen LogP contribution in [0.2, 0.25) is 5.02 Å². The minimum Gasteiger partial charge on any atom is -0.258 e. The van der Waals surface area contributed by atoms with Crippen LogP contribution in [0.3, 0.4) is 0 Å². The molecule has 0 saturated heterocycles. The minimum absolute atomic E-state index is 0.255. The van der Waals surface area contributed by atoms with E-state index < -0.39 is 22.6 Å². The summed E-state index contributed by atoms with van der Waals surface area (Å²) in [6.45, 7) is 0. The van der Waals surface area contributed by atoms with E-state index in [0.29, 0.717) is 3.57 Å². The SMILES string of the molecule is O=[N+]([O-])c1ccc(I)c(Cl)c1C(F)F. The molecule has 76 valence electrons. The van der Waals surface area contributed by atoms with Gasteiger partial charge in [-0.1, -0.05) is 11.6 Å². The Morgan fingerprint density at radius 2 is 2.07 bits per heavy atom. The van der Waals surface area contributed by atoms with Gasteiger partial charge in [-0.15, -0.1) is 0 Å². The molecular formula is C7H3ClF2INO2. The number of nitrogens with zero attached hydrogens (tertiary/aromatic N) is 1. The molecule has 0 radical (unpaired) electrons. The summed E-state index contributed by atoms with van der Waals surface area (Å²) in [6, 6.07) is 2.35. The first-order valence-corrected chi connectivity index (χ1v) is 4.81. The lowest BCUT2D eigenvalue weighted by molar-refractivity contribution is -0.386. The van der Waals surface area contributed by atoms with E-state index >= 15 is 0 Å². The third kappa shape index (κ3) is 2.11. The van der Waals surface area contributed by atoms with Gasteiger partial charge in [-0.3, -0.25) is 10.1 Å². The van der Waals surface area contributed by atoms with Crippen LogP contribution in [0.1, 0.15) is 12.0 Å². The number of benzene rings is 1. The largest absolute Gasteiger partial charge is 0.279 e. The van der Waals surface area contributed by atoms with Gasteiger partial charge >= 0.3 is 0 Å². The summed E-state index contributed by atoms with van der Waals surface area (Å²) in [6.07, 6.45) is -2.95. The normalized spacial score (nSPS) is 10.6. The summed E-state index contributed by atoms with van der Waals surface area (Å²) >= 11 is 7.28. The first-order chi connectivity index (χ1) is 6.45. The Hall–Kier alpha value is -0.500. The van der Waals surface area contributed by atoms with E-state index in [9.17, 15) is 18.9 Å². The fourth-order valence-corrected chi connectivity index (χ4v) is 1.64. The van der Waals surface area contributed by atoms with E-state index in [2.05, 4.69) is 0 Å². The zero-order valence-corrected chi connectivity index (χ0v) is 9.42. The summed E-state index contributed by atoms with van der Waals surface area (Å²) < 4.78 is 25.2. The predicted molar refractivity (Wildman–Crippen MR) is 55.8 cm³/mol. The summed E-state index contributed by atoms with van der Waals surface area (Å²) in [5.74, 6) is 0. The first-order valence-electron chi connectivity index (χ1n) is 3.35. The lowest BCUT2D eigenvalue weighted by atomic mass is 10.2. The monoisotopic (exact) mass is 333 g/mol. The Morgan fingerprint density at radius 3 is 2.50 bits per heavy atom. The van der Waals surface area contributed by atoms with Gasteiger partial charge < -0.3 is 0 Å². The molecule has 0 spiro atoms. The quantitative estimate of drug-likeness (QED) is 0.469. The Balaban J connectivity index is 3.45. The van der Waals surface area contributed by atoms with Gasteiger partial charge in [0.1, 0.15) is 5.56 Å². The van der Waals surface area contributed by atoms with Crippen LogP contribution >= 0.6 is 34.2 Å². The molecule has 0 aliphatic heterocycles. The molecule has 0 atom stereocenters. The molecule has 0 N–H and O–H groups in total. The maximum atomic E-state index is 12.4. The number of nitro benzene ring substituents is 1. The second-order valence-electron chi connectivity index (χ2n) is 2.35. The highest BCUT2D eigenvalue weighted by atomic mass is 127. The van der Waals surface area contributed by atoms with Crippen molar-refractivity contribution in [1.82, 2.24) is 0 Å². The van der Waals surface area contributed by atoms with Crippen molar-refractivity contribution in [3.63, 3.8) is 0 Å². The Bertz CT molecular complexity index is 386.